The lowest BCUT2D eigenvalue weighted by molar-refractivity contribution is -0.384. The first kappa shape index (κ1) is 14.7. The summed E-state index contributed by atoms with van der Waals surface area (Å²) in [6, 6.07) is 2.07. The number of halogens is 2. The number of nitro groups is 1. The fourth-order valence-electron chi connectivity index (χ4n) is 2.14. The average Bonchev–Trinajstić information content (AvgIpc) is 2.76. The summed E-state index contributed by atoms with van der Waals surface area (Å²) in [7, 11) is 0. The minimum Gasteiger partial charge on any atom is -0.480 e. The van der Waals surface area contributed by atoms with Crippen molar-refractivity contribution in [3.8, 4) is 0 Å². The lowest BCUT2D eigenvalue weighted by atomic mass is 10.0. The van der Waals surface area contributed by atoms with Crippen LogP contribution in [0.15, 0.2) is 16.6 Å². The van der Waals surface area contributed by atoms with Crippen LogP contribution in [0.1, 0.15) is 6.42 Å². The molecule has 9 heteroatoms. The van der Waals surface area contributed by atoms with E-state index in [1.165, 1.54) is 11.0 Å². The van der Waals surface area contributed by atoms with Crippen LogP contribution in [0, 0.1) is 15.9 Å². The van der Waals surface area contributed by atoms with Gasteiger partial charge in [0.2, 0.25) is 0 Å². The Hall–Kier alpha value is -1.74. The molecule has 0 bridgehead atoms. The Morgan fingerprint density at radius 3 is 2.75 bits per heavy atom. The van der Waals surface area contributed by atoms with E-state index in [0.717, 1.165) is 6.07 Å². The molecular weight excluding hydrogens is 337 g/mol. The Morgan fingerprint density at radius 1 is 1.60 bits per heavy atom. The highest BCUT2D eigenvalue weighted by Crippen LogP contribution is 2.36. The van der Waals surface area contributed by atoms with E-state index < -0.39 is 27.9 Å². The molecule has 20 heavy (non-hydrogen) atoms. The van der Waals surface area contributed by atoms with Crippen molar-refractivity contribution in [2.45, 2.75) is 12.0 Å². The lowest BCUT2D eigenvalue weighted by Crippen LogP contribution is -2.50. The number of hydrogen-bond acceptors (Lipinski definition) is 5. The van der Waals surface area contributed by atoms with Crippen molar-refractivity contribution in [2.24, 2.45) is 5.73 Å². The van der Waals surface area contributed by atoms with Gasteiger partial charge in [0.25, 0.3) is 5.69 Å². The summed E-state index contributed by atoms with van der Waals surface area (Å²) in [6.07, 6.45) is 0.161. The number of nitrogens with zero attached hydrogens (tertiary/aromatic N) is 2. The first-order valence-corrected chi connectivity index (χ1v) is 6.44. The number of nitrogens with two attached hydrogens (primary N) is 1. The normalized spacial score (nSPS) is 22.1. The van der Waals surface area contributed by atoms with Crippen LogP contribution < -0.4 is 10.6 Å². The van der Waals surface area contributed by atoms with Crippen LogP contribution in [-0.4, -0.2) is 34.6 Å². The van der Waals surface area contributed by atoms with E-state index in [9.17, 15) is 19.3 Å². The van der Waals surface area contributed by atoms with Crippen LogP contribution >= 0.6 is 15.9 Å². The van der Waals surface area contributed by atoms with Gasteiger partial charge in [-0.25, -0.2) is 4.39 Å². The van der Waals surface area contributed by atoms with E-state index in [4.69, 9.17) is 10.8 Å². The molecule has 1 unspecified atom stereocenters. The number of benzene rings is 1. The van der Waals surface area contributed by atoms with Gasteiger partial charge in [0.05, 0.1) is 15.5 Å². The molecule has 1 fully saturated rings. The third kappa shape index (κ3) is 2.46. The third-order valence-corrected chi connectivity index (χ3v) is 3.89. The van der Waals surface area contributed by atoms with Gasteiger partial charge in [0, 0.05) is 13.1 Å². The fourth-order valence-corrected chi connectivity index (χ4v) is 2.47. The molecule has 0 aromatic heterocycles. The zero-order valence-electron chi connectivity index (χ0n) is 10.2. The molecular formula is C11H11BrFN3O4. The molecule has 0 radical (unpaired) electrons. The summed E-state index contributed by atoms with van der Waals surface area (Å²) in [5.74, 6) is -1.92. The molecule has 1 aromatic carbocycles. The van der Waals surface area contributed by atoms with Gasteiger partial charge in [0.1, 0.15) is 17.0 Å². The first-order chi connectivity index (χ1) is 9.24. The van der Waals surface area contributed by atoms with E-state index in [0.29, 0.717) is 0 Å². The van der Waals surface area contributed by atoms with Crippen LogP contribution in [0.25, 0.3) is 0 Å². The molecule has 0 amide bonds. The van der Waals surface area contributed by atoms with Gasteiger partial charge in [-0.1, -0.05) is 0 Å². The number of anilines is 1. The summed E-state index contributed by atoms with van der Waals surface area (Å²) in [6.45, 7) is 0.183. The van der Waals surface area contributed by atoms with Crippen molar-refractivity contribution in [3.05, 3.63) is 32.5 Å². The Morgan fingerprint density at radius 2 is 2.25 bits per heavy atom. The number of nitro benzene ring substituents is 1. The zero-order valence-corrected chi connectivity index (χ0v) is 11.8. The van der Waals surface area contributed by atoms with Crippen LogP contribution in [-0.2, 0) is 4.79 Å². The van der Waals surface area contributed by atoms with Crippen LogP contribution in [0.5, 0.6) is 0 Å². The molecule has 1 aliphatic rings. The van der Waals surface area contributed by atoms with E-state index in [1.54, 1.807) is 0 Å². The highest BCUT2D eigenvalue weighted by atomic mass is 79.9. The minimum absolute atomic E-state index is 0.0682. The monoisotopic (exact) mass is 347 g/mol. The molecule has 0 spiro atoms. The predicted molar refractivity (Wildman–Crippen MR) is 72.1 cm³/mol. The van der Waals surface area contributed by atoms with E-state index in [1.807, 2.05) is 0 Å². The number of hydrogen-bond donors (Lipinski definition) is 2. The second-order valence-corrected chi connectivity index (χ2v) is 5.50. The van der Waals surface area contributed by atoms with E-state index >= 15 is 0 Å². The second-order valence-electron chi connectivity index (χ2n) is 4.64. The highest BCUT2D eigenvalue weighted by molar-refractivity contribution is 9.10. The SMILES string of the molecule is NC1(C(=O)O)CCN(c2cc(Br)c(F)cc2[N+](=O)[O-])C1. The van der Waals surface area contributed by atoms with Gasteiger partial charge in [-0.15, -0.1) is 0 Å². The molecule has 7 nitrogen and oxygen atoms in total. The summed E-state index contributed by atoms with van der Waals surface area (Å²) in [4.78, 5) is 22.8. The maximum absolute atomic E-state index is 13.4. The van der Waals surface area contributed by atoms with Crippen LogP contribution in [0.2, 0.25) is 0 Å². The Labute approximate surface area is 121 Å². The van der Waals surface area contributed by atoms with Gasteiger partial charge >= 0.3 is 5.97 Å². The number of rotatable bonds is 3. The maximum atomic E-state index is 13.4. The summed E-state index contributed by atoms with van der Waals surface area (Å²) >= 11 is 2.96. The Bertz CT molecular complexity index is 597. The molecule has 1 aromatic rings. The Balaban J connectivity index is 2.42. The summed E-state index contributed by atoms with van der Waals surface area (Å²) in [5.41, 5.74) is 4.01. The smallest absolute Gasteiger partial charge is 0.325 e. The van der Waals surface area contributed by atoms with Crippen LogP contribution in [0.4, 0.5) is 15.8 Å². The van der Waals surface area contributed by atoms with Gasteiger partial charge in [-0.05, 0) is 28.4 Å². The van der Waals surface area contributed by atoms with Crippen molar-refractivity contribution in [2.75, 3.05) is 18.0 Å². The topological polar surface area (TPSA) is 110 Å². The molecule has 108 valence electrons. The summed E-state index contributed by atoms with van der Waals surface area (Å²) in [5, 5.41) is 20.0. The number of carboxylic acid groups (broad SMARTS) is 1. The van der Waals surface area contributed by atoms with Gasteiger partial charge in [-0.3, -0.25) is 14.9 Å². The first-order valence-electron chi connectivity index (χ1n) is 5.65. The molecule has 1 aliphatic heterocycles. The fraction of sp³-hybridized carbons (Fsp3) is 0.364. The van der Waals surface area contributed by atoms with Gasteiger partial charge < -0.3 is 15.7 Å². The van der Waals surface area contributed by atoms with E-state index in [2.05, 4.69) is 15.9 Å². The molecule has 1 atom stereocenters. The summed E-state index contributed by atoms with van der Waals surface area (Å²) < 4.78 is 13.5. The highest BCUT2D eigenvalue weighted by Gasteiger charge is 2.42. The van der Waals surface area contributed by atoms with Crippen molar-refractivity contribution in [1.29, 1.82) is 0 Å². The molecule has 1 saturated heterocycles. The number of carboxylic acids is 1. The van der Waals surface area contributed by atoms with Gasteiger partial charge in [0.15, 0.2) is 0 Å². The van der Waals surface area contributed by atoms with Gasteiger partial charge in [-0.2, -0.15) is 0 Å². The molecule has 1 heterocycles. The maximum Gasteiger partial charge on any atom is 0.325 e. The lowest BCUT2D eigenvalue weighted by Gasteiger charge is -2.21. The zero-order chi connectivity index (χ0) is 15.1. The van der Waals surface area contributed by atoms with Crippen molar-refractivity contribution >= 4 is 33.3 Å². The van der Waals surface area contributed by atoms with Crippen molar-refractivity contribution < 1.29 is 19.2 Å². The Kier molecular flexibility index (Phi) is 3.65. The largest absolute Gasteiger partial charge is 0.480 e. The van der Waals surface area contributed by atoms with Crippen molar-refractivity contribution in [3.63, 3.8) is 0 Å². The minimum atomic E-state index is -1.45. The molecule has 3 N–H and O–H groups in total. The molecule has 0 saturated carbocycles. The number of carbonyl (C=O) groups is 1. The molecule has 2 rings (SSSR count). The van der Waals surface area contributed by atoms with E-state index in [-0.39, 0.29) is 29.7 Å². The molecule has 0 aliphatic carbocycles. The quantitative estimate of drug-likeness (QED) is 0.633. The number of aliphatic carboxylic acids is 1. The second kappa shape index (κ2) is 4.98. The predicted octanol–water partition coefficient (Wildman–Crippen LogP) is 1.49. The standard InChI is InChI=1S/C11H11BrFN3O4/c12-6-3-8(9(16(19)20)4-7(6)13)15-2-1-11(14,5-15)10(17)18/h3-4H,1-2,5,14H2,(H,17,18). The third-order valence-electron chi connectivity index (χ3n) is 3.28. The van der Waals surface area contributed by atoms with Crippen molar-refractivity contribution in [1.82, 2.24) is 0 Å². The average molecular weight is 348 g/mol. The van der Waals surface area contributed by atoms with Crippen LogP contribution in [0.3, 0.4) is 0 Å².